The second-order valence-electron chi connectivity index (χ2n) is 8.83. The van der Waals surface area contributed by atoms with E-state index in [0.717, 1.165) is 6.07 Å². The van der Waals surface area contributed by atoms with Gasteiger partial charge in [0, 0.05) is 6.07 Å². The van der Waals surface area contributed by atoms with Crippen LogP contribution in [0.25, 0.3) is 0 Å². The maximum Gasteiger partial charge on any atom is 0.192 e. The summed E-state index contributed by atoms with van der Waals surface area (Å²) in [5.41, 5.74) is 0.397. The highest BCUT2D eigenvalue weighted by Crippen LogP contribution is 2.37. The number of hydrogen-bond donors (Lipinski definition) is 1. The third-order valence-corrected chi connectivity index (χ3v) is 10.6. The Morgan fingerprint density at radius 1 is 1.08 bits per heavy atom. The predicted octanol–water partition coefficient (Wildman–Crippen LogP) is 5.08. The zero-order chi connectivity index (χ0) is 19.6. The minimum Gasteiger partial charge on any atom is -0.415 e. The fourth-order valence-electron chi connectivity index (χ4n) is 1.79. The summed E-state index contributed by atoms with van der Waals surface area (Å²) >= 11 is 0. The van der Waals surface area contributed by atoms with Crippen LogP contribution in [0.3, 0.4) is 0 Å². The van der Waals surface area contributed by atoms with Gasteiger partial charge in [0.25, 0.3) is 0 Å². The molecular formula is C18H31F2NO2SSi. The summed E-state index contributed by atoms with van der Waals surface area (Å²) in [5, 5.41) is 0.00785. The third kappa shape index (κ3) is 6.55. The molecule has 1 rings (SSSR count). The molecule has 0 aromatic heterocycles. The van der Waals surface area contributed by atoms with E-state index in [2.05, 4.69) is 38.6 Å². The molecule has 0 spiro atoms. The van der Waals surface area contributed by atoms with Gasteiger partial charge < -0.3 is 4.43 Å². The Hall–Kier alpha value is -0.633. The Labute approximate surface area is 154 Å². The molecule has 2 atom stereocenters. The predicted molar refractivity (Wildman–Crippen MR) is 103 cm³/mol. The van der Waals surface area contributed by atoms with Gasteiger partial charge in [-0.2, -0.15) is 0 Å². The average Bonchev–Trinajstić information content (AvgIpc) is 2.39. The molecule has 0 fully saturated rings. The van der Waals surface area contributed by atoms with E-state index in [1.165, 1.54) is 12.1 Å². The third-order valence-electron chi connectivity index (χ3n) is 4.51. The number of benzene rings is 1. The maximum atomic E-state index is 13.6. The summed E-state index contributed by atoms with van der Waals surface area (Å²) in [4.78, 5) is 0. The molecule has 25 heavy (non-hydrogen) atoms. The van der Waals surface area contributed by atoms with Crippen molar-refractivity contribution >= 4 is 19.3 Å². The molecule has 0 amide bonds. The van der Waals surface area contributed by atoms with Gasteiger partial charge in [-0.05, 0) is 56.6 Å². The van der Waals surface area contributed by atoms with E-state index >= 15 is 0 Å². The smallest absolute Gasteiger partial charge is 0.192 e. The van der Waals surface area contributed by atoms with Gasteiger partial charge in [0.2, 0.25) is 0 Å². The molecular weight excluding hydrogens is 360 g/mol. The minimum absolute atomic E-state index is 0.00785. The van der Waals surface area contributed by atoms with Crippen LogP contribution >= 0.6 is 0 Å². The lowest BCUT2D eigenvalue weighted by Crippen LogP contribution is -2.44. The SMILES string of the molecule is CC(C)(C)S(=O)NC(CO[Si](C)(C)C(C)(C)C)c1cc(F)cc(F)c1. The molecule has 1 aromatic rings. The van der Waals surface area contributed by atoms with Gasteiger partial charge in [-0.1, -0.05) is 20.8 Å². The zero-order valence-electron chi connectivity index (χ0n) is 16.5. The number of nitrogens with one attached hydrogen (secondary N) is 1. The van der Waals surface area contributed by atoms with E-state index in [4.69, 9.17) is 4.43 Å². The van der Waals surface area contributed by atoms with Crippen LogP contribution in [0.15, 0.2) is 18.2 Å². The molecule has 1 N–H and O–H groups in total. The molecule has 0 heterocycles. The van der Waals surface area contributed by atoms with Crippen LogP contribution < -0.4 is 4.72 Å². The normalized spacial score (nSPS) is 15.9. The van der Waals surface area contributed by atoms with Crippen molar-refractivity contribution in [1.82, 2.24) is 4.72 Å². The molecule has 2 unspecified atom stereocenters. The Morgan fingerprint density at radius 3 is 1.96 bits per heavy atom. The van der Waals surface area contributed by atoms with Crippen LogP contribution in [0.4, 0.5) is 8.78 Å². The van der Waals surface area contributed by atoms with Gasteiger partial charge in [-0.15, -0.1) is 0 Å². The van der Waals surface area contributed by atoms with Crippen molar-refractivity contribution in [2.45, 2.75) is 70.5 Å². The highest BCUT2D eigenvalue weighted by molar-refractivity contribution is 7.84. The summed E-state index contributed by atoms with van der Waals surface area (Å²) in [6.07, 6.45) is 0. The molecule has 0 saturated carbocycles. The first-order chi connectivity index (χ1) is 11.1. The summed E-state index contributed by atoms with van der Waals surface area (Å²) in [6, 6.07) is 2.79. The van der Waals surface area contributed by atoms with E-state index in [1.54, 1.807) is 0 Å². The van der Waals surface area contributed by atoms with E-state index in [0.29, 0.717) is 5.56 Å². The molecule has 144 valence electrons. The first kappa shape index (κ1) is 22.4. The van der Waals surface area contributed by atoms with E-state index in [1.807, 2.05) is 20.8 Å². The Morgan fingerprint density at radius 2 is 1.56 bits per heavy atom. The molecule has 0 aliphatic rings. The number of hydrogen-bond acceptors (Lipinski definition) is 2. The van der Waals surface area contributed by atoms with Gasteiger partial charge in [0.1, 0.15) is 11.6 Å². The molecule has 0 saturated heterocycles. The fraction of sp³-hybridized carbons (Fsp3) is 0.667. The maximum absolute atomic E-state index is 13.6. The fourth-order valence-corrected chi connectivity index (χ4v) is 3.62. The van der Waals surface area contributed by atoms with Crippen LogP contribution in [0, 0.1) is 11.6 Å². The minimum atomic E-state index is -2.05. The summed E-state index contributed by atoms with van der Waals surface area (Å²) in [5.74, 6) is -1.31. The van der Waals surface area contributed by atoms with Crippen molar-refractivity contribution in [3.05, 3.63) is 35.4 Å². The van der Waals surface area contributed by atoms with Gasteiger partial charge in [0.15, 0.2) is 8.32 Å². The lowest BCUT2D eigenvalue weighted by Gasteiger charge is -2.37. The molecule has 0 aliphatic heterocycles. The van der Waals surface area contributed by atoms with E-state index in [-0.39, 0.29) is 11.6 Å². The van der Waals surface area contributed by atoms with Crippen molar-refractivity contribution in [3.63, 3.8) is 0 Å². The van der Waals surface area contributed by atoms with Crippen LogP contribution in [0.5, 0.6) is 0 Å². The van der Waals surface area contributed by atoms with Crippen LogP contribution in [0.1, 0.15) is 53.1 Å². The highest BCUT2D eigenvalue weighted by atomic mass is 32.2. The molecule has 0 bridgehead atoms. The van der Waals surface area contributed by atoms with Crippen molar-refractivity contribution in [2.75, 3.05) is 6.61 Å². The van der Waals surface area contributed by atoms with Crippen LogP contribution in [-0.2, 0) is 15.4 Å². The quantitative estimate of drug-likeness (QED) is 0.687. The summed E-state index contributed by atoms with van der Waals surface area (Å²) < 4.78 is 48.5. The molecule has 7 heteroatoms. The van der Waals surface area contributed by atoms with Gasteiger partial charge in [-0.25, -0.2) is 17.7 Å². The molecule has 3 nitrogen and oxygen atoms in total. The Bertz CT molecular complexity index is 604. The summed E-state index contributed by atoms with van der Waals surface area (Å²) in [7, 11) is -3.44. The lowest BCUT2D eigenvalue weighted by atomic mass is 10.1. The first-order valence-electron chi connectivity index (χ1n) is 8.41. The van der Waals surface area contributed by atoms with Crippen molar-refractivity contribution in [2.24, 2.45) is 0 Å². The second-order valence-corrected chi connectivity index (χ2v) is 15.6. The largest absolute Gasteiger partial charge is 0.415 e. The van der Waals surface area contributed by atoms with Crippen LogP contribution in [0.2, 0.25) is 18.1 Å². The standard InChI is InChI=1S/C18H31F2NO2SSi/c1-17(2,3)24(22)21-16(12-23-25(7,8)18(4,5)6)13-9-14(19)11-15(20)10-13/h9-11,16,21H,12H2,1-8H3. The molecule has 0 aliphatic carbocycles. The van der Waals surface area contributed by atoms with Gasteiger partial charge in [0.05, 0.1) is 28.4 Å². The molecule has 1 aromatic carbocycles. The average molecular weight is 392 g/mol. The first-order valence-corrected chi connectivity index (χ1v) is 12.5. The van der Waals surface area contributed by atoms with Crippen molar-refractivity contribution < 1.29 is 17.4 Å². The topological polar surface area (TPSA) is 38.3 Å². The van der Waals surface area contributed by atoms with Gasteiger partial charge in [-0.3, -0.25) is 0 Å². The Balaban J connectivity index is 3.09. The zero-order valence-corrected chi connectivity index (χ0v) is 18.3. The van der Waals surface area contributed by atoms with E-state index < -0.39 is 41.7 Å². The monoisotopic (exact) mass is 391 g/mol. The van der Waals surface area contributed by atoms with Crippen LogP contribution in [-0.4, -0.2) is 23.9 Å². The lowest BCUT2D eigenvalue weighted by molar-refractivity contribution is 0.257. The number of halogens is 2. The second kappa shape index (κ2) is 7.94. The summed E-state index contributed by atoms with van der Waals surface area (Å²) in [6.45, 7) is 16.3. The number of rotatable bonds is 6. The highest BCUT2D eigenvalue weighted by Gasteiger charge is 2.38. The van der Waals surface area contributed by atoms with Crippen molar-refractivity contribution in [3.8, 4) is 0 Å². The molecule has 0 radical (unpaired) electrons. The van der Waals surface area contributed by atoms with Crippen molar-refractivity contribution in [1.29, 1.82) is 0 Å². The Kier molecular flexibility index (Phi) is 7.12. The van der Waals surface area contributed by atoms with E-state index in [9.17, 15) is 13.0 Å². The van der Waals surface area contributed by atoms with Gasteiger partial charge >= 0.3 is 0 Å².